The van der Waals surface area contributed by atoms with Crippen LogP contribution in [0.1, 0.15) is 18.9 Å². The van der Waals surface area contributed by atoms with Crippen LogP contribution in [0, 0.1) is 11.8 Å². The maximum absolute atomic E-state index is 11.3. The molecule has 1 aromatic heterocycles. The summed E-state index contributed by atoms with van der Waals surface area (Å²) in [5, 5.41) is 2.59. The van der Waals surface area contributed by atoms with E-state index in [1.165, 1.54) is 10.8 Å². The molecule has 1 rings (SSSR count). The summed E-state index contributed by atoms with van der Waals surface area (Å²) < 4.78 is 6.37. The fourth-order valence-electron chi connectivity index (χ4n) is 1.30. The smallest absolute Gasteiger partial charge is 0.349 e. The quantitative estimate of drug-likeness (QED) is 0.546. The van der Waals surface area contributed by atoms with Crippen LogP contribution in [0.2, 0.25) is 0 Å². The van der Waals surface area contributed by atoms with Gasteiger partial charge in [0.15, 0.2) is 0 Å². The van der Waals surface area contributed by atoms with Gasteiger partial charge in [0.05, 0.1) is 12.1 Å². The van der Waals surface area contributed by atoms with Crippen molar-refractivity contribution in [2.45, 2.75) is 13.3 Å². The zero-order valence-electron chi connectivity index (χ0n) is 11.6. The van der Waals surface area contributed by atoms with Gasteiger partial charge in [0.1, 0.15) is 12.4 Å². The van der Waals surface area contributed by atoms with E-state index < -0.39 is 5.69 Å². The molecule has 0 saturated carbocycles. The number of rotatable bonds is 5. The zero-order valence-corrected chi connectivity index (χ0v) is 11.6. The molecule has 3 N–H and O–H groups in total. The van der Waals surface area contributed by atoms with Crippen molar-refractivity contribution in [3.63, 3.8) is 0 Å². The van der Waals surface area contributed by atoms with Crippen LogP contribution in [0.15, 0.2) is 11.0 Å². The van der Waals surface area contributed by atoms with Gasteiger partial charge in [-0.05, 0) is 6.42 Å². The van der Waals surface area contributed by atoms with E-state index in [4.69, 9.17) is 10.5 Å². The number of hydrogen-bond acceptors (Lipinski definition) is 5. The lowest BCUT2D eigenvalue weighted by molar-refractivity contribution is -0.125. The summed E-state index contributed by atoms with van der Waals surface area (Å²) in [7, 11) is 1.56. The molecule has 0 bridgehead atoms. The Morgan fingerprint density at radius 2 is 2.35 bits per heavy atom. The highest BCUT2D eigenvalue weighted by Gasteiger charge is 2.01. The molecular formula is C13H18N4O3. The lowest BCUT2D eigenvalue weighted by atomic mass is 10.3. The molecule has 0 aliphatic heterocycles. The van der Waals surface area contributed by atoms with E-state index in [9.17, 15) is 9.59 Å². The second kappa shape index (κ2) is 7.96. The molecule has 0 spiro atoms. The van der Waals surface area contributed by atoms with Crippen LogP contribution in [0.25, 0.3) is 0 Å². The molecule has 0 aliphatic carbocycles. The Labute approximate surface area is 117 Å². The van der Waals surface area contributed by atoms with Gasteiger partial charge in [0, 0.05) is 19.9 Å². The van der Waals surface area contributed by atoms with Crippen LogP contribution in [-0.2, 0) is 16.6 Å². The molecule has 0 fully saturated rings. The minimum atomic E-state index is -0.436. The second-order valence-electron chi connectivity index (χ2n) is 4.06. The number of carbonyl (C=O) groups excluding carboxylic acids is 1. The normalized spacial score (nSPS) is 9.70. The number of nitrogens with one attached hydrogen (secondary N) is 1. The highest BCUT2D eigenvalue weighted by molar-refractivity contribution is 5.77. The highest BCUT2D eigenvalue weighted by Crippen LogP contribution is 2.00. The van der Waals surface area contributed by atoms with E-state index in [-0.39, 0.29) is 24.9 Å². The Morgan fingerprint density at radius 3 is 3.05 bits per heavy atom. The average Bonchev–Trinajstić information content (AvgIpc) is 2.40. The molecule has 1 heterocycles. The fourth-order valence-corrected chi connectivity index (χ4v) is 1.30. The Hall–Kier alpha value is -2.33. The van der Waals surface area contributed by atoms with Crippen LogP contribution >= 0.6 is 0 Å². The van der Waals surface area contributed by atoms with Gasteiger partial charge in [-0.15, -0.1) is 0 Å². The standard InChI is InChI=1S/C13H18N4O3/c1-3-7-20-9-11(18)15-6-4-5-10-8-17(2)13(19)16-12(10)14/h8H,3,6-7,9H2,1-2H3,(H,15,18)(H2,14,16,19). The summed E-state index contributed by atoms with van der Waals surface area (Å²) in [6.07, 6.45) is 2.37. The molecule has 0 aromatic carbocycles. The van der Waals surface area contributed by atoms with Gasteiger partial charge in [-0.2, -0.15) is 4.98 Å². The lowest BCUT2D eigenvalue weighted by Crippen LogP contribution is -2.28. The molecule has 0 atom stereocenters. The predicted octanol–water partition coefficient (Wildman–Crippen LogP) is -0.743. The summed E-state index contributed by atoms with van der Waals surface area (Å²) in [6.45, 7) is 2.73. The maximum Gasteiger partial charge on any atom is 0.349 e. The van der Waals surface area contributed by atoms with Crippen molar-refractivity contribution in [3.05, 3.63) is 22.2 Å². The molecule has 108 valence electrons. The summed E-state index contributed by atoms with van der Waals surface area (Å²) in [4.78, 5) is 26.1. The first-order valence-corrected chi connectivity index (χ1v) is 6.21. The van der Waals surface area contributed by atoms with Crippen LogP contribution in [0.5, 0.6) is 0 Å². The fraction of sp³-hybridized carbons (Fsp3) is 0.462. The molecule has 0 aliphatic rings. The van der Waals surface area contributed by atoms with E-state index in [2.05, 4.69) is 22.1 Å². The first-order valence-electron chi connectivity index (χ1n) is 6.21. The number of aryl methyl sites for hydroxylation is 1. The van der Waals surface area contributed by atoms with Gasteiger partial charge in [-0.1, -0.05) is 18.8 Å². The molecule has 0 saturated heterocycles. The SMILES string of the molecule is CCCOCC(=O)NCC#Cc1cn(C)c(=O)nc1N. The number of aromatic nitrogens is 2. The van der Waals surface area contributed by atoms with Crippen molar-refractivity contribution in [3.8, 4) is 11.8 Å². The first kappa shape index (κ1) is 15.7. The number of anilines is 1. The molecular weight excluding hydrogens is 260 g/mol. The molecule has 0 radical (unpaired) electrons. The van der Waals surface area contributed by atoms with Gasteiger partial charge in [0.2, 0.25) is 5.91 Å². The number of hydrogen-bond donors (Lipinski definition) is 2. The molecule has 7 nitrogen and oxygen atoms in total. The lowest BCUT2D eigenvalue weighted by Gasteiger charge is -2.02. The van der Waals surface area contributed by atoms with Gasteiger partial charge in [-0.25, -0.2) is 4.79 Å². The van der Waals surface area contributed by atoms with Gasteiger partial charge >= 0.3 is 5.69 Å². The molecule has 1 amide bonds. The van der Waals surface area contributed by atoms with E-state index in [1.54, 1.807) is 7.05 Å². The average molecular weight is 278 g/mol. The van der Waals surface area contributed by atoms with Crippen molar-refractivity contribution in [2.75, 3.05) is 25.5 Å². The second-order valence-corrected chi connectivity index (χ2v) is 4.06. The molecule has 20 heavy (non-hydrogen) atoms. The maximum atomic E-state index is 11.3. The van der Waals surface area contributed by atoms with E-state index in [0.29, 0.717) is 12.2 Å². The van der Waals surface area contributed by atoms with E-state index >= 15 is 0 Å². The monoisotopic (exact) mass is 278 g/mol. The highest BCUT2D eigenvalue weighted by atomic mass is 16.5. The predicted molar refractivity (Wildman–Crippen MR) is 74.9 cm³/mol. The van der Waals surface area contributed by atoms with Crippen LogP contribution in [0.4, 0.5) is 5.82 Å². The number of carbonyl (C=O) groups is 1. The third-order valence-corrected chi connectivity index (χ3v) is 2.30. The molecule has 0 unspecified atom stereocenters. The van der Waals surface area contributed by atoms with Crippen LogP contribution in [-0.4, -0.2) is 35.2 Å². The van der Waals surface area contributed by atoms with Gasteiger partial charge in [0.25, 0.3) is 0 Å². The largest absolute Gasteiger partial charge is 0.382 e. The summed E-state index contributed by atoms with van der Waals surface area (Å²) in [6, 6.07) is 0. The van der Waals surface area contributed by atoms with E-state index in [1.807, 2.05) is 6.92 Å². The number of amides is 1. The zero-order chi connectivity index (χ0) is 15.0. The van der Waals surface area contributed by atoms with Gasteiger partial charge < -0.3 is 20.4 Å². The summed E-state index contributed by atoms with van der Waals surface area (Å²) >= 11 is 0. The minimum absolute atomic E-state index is 0.0268. The van der Waals surface area contributed by atoms with Crippen molar-refractivity contribution in [1.82, 2.24) is 14.9 Å². The number of nitrogens with zero attached hydrogens (tertiary/aromatic N) is 2. The Morgan fingerprint density at radius 1 is 1.60 bits per heavy atom. The molecule has 1 aromatic rings. The topological polar surface area (TPSA) is 99.2 Å². The summed E-state index contributed by atoms with van der Waals surface area (Å²) in [5.41, 5.74) is 5.59. The third-order valence-electron chi connectivity index (χ3n) is 2.30. The van der Waals surface area contributed by atoms with Crippen molar-refractivity contribution in [1.29, 1.82) is 0 Å². The first-order chi connectivity index (χ1) is 9.54. The van der Waals surface area contributed by atoms with Gasteiger partial charge in [-0.3, -0.25) is 4.79 Å². The third kappa shape index (κ3) is 5.12. The Kier molecular flexibility index (Phi) is 6.26. The van der Waals surface area contributed by atoms with Crippen molar-refractivity contribution >= 4 is 11.7 Å². The van der Waals surface area contributed by atoms with Crippen LogP contribution < -0.4 is 16.7 Å². The minimum Gasteiger partial charge on any atom is -0.382 e. The number of ether oxygens (including phenoxy) is 1. The molecule has 7 heteroatoms. The van der Waals surface area contributed by atoms with Crippen LogP contribution in [0.3, 0.4) is 0 Å². The van der Waals surface area contributed by atoms with E-state index in [0.717, 1.165) is 6.42 Å². The van der Waals surface area contributed by atoms with Crippen molar-refractivity contribution < 1.29 is 9.53 Å². The summed E-state index contributed by atoms with van der Waals surface area (Å²) in [5.74, 6) is 5.35. The Balaban J connectivity index is 2.49. The number of nitrogen functional groups attached to an aromatic ring is 1. The Bertz CT molecular complexity index is 584. The number of nitrogens with two attached hydrogens (primary N) is 1. The van der Waals surface area contributed by atoms with Crippen molar-refractivity contribution in [2.24, 2.45) is 7.05 Å².